The summed E-state index contributed by atoms with van der Waals surface area (Å²) in [6, 6.07) is 2.28. The van der Waals surface area contributed by atoms with E-state index in [9.17, 15) is 4.79 Å². The van der Waals surface area contributed by atoms with Gasteiger partial charge in [0.15, 0.2) is 0 Å². The molecular weight excluding hydrogens is 360 g/mol. The van der Waals surface area contributed by atoms with Crippen LogP contribution in [0.25, 0.3) is 0 Å². The summed E-state index contributed by atoms with van der Waals surface area (Å²) >= 11 is 1.42. The molecule has 0 saturated carbocycles. The van der Waals surface area contributed by atoms with Crippen LogP contribution in [-0.4, -0.2) is 49.7 Å². The molecule has 146 valence electrons. The Kier molecular flexibility index (Phi) is 5.83. The molecule has 0 bridgehead atoms. The number of piperidine rings is 1. The summed E-state index contributed by atoms with van der Waals surface area (Å²) in [6.07, 6.45) is 8.03. The van der Waals surface area contributed by atoms with Crippen molar-refractivity contribution in [1.29, 1.82) is 0 Å². The molecular formula is C19H28N6OS. The lowest BCUT2D eigenvalue weighted by molar-refractivity contribution is 0.148. The first kappa shape index (κ1) is 18.6. The minimum Gasteiger partial charge on any atom is -0.359 e. The molecule has 1 atom stereocenters. The van der Waals surface area contributed by atoms with Crippen molar-refractivity contribution in [2.24, 2.45) is 0 Å². The lowest BCUT2D eigenvalue weighted by Crippen LogP contribution is -2.45. The Bertz CT molecular complexity index is 832. The molecule has 27 heavy (non-hydrogen) atoms. The Morgan fingerprint density at radius 3 is 2.96 bits per heavy atom. The van der Waals surface area contributed by atoms with Crippen LogP contribution in [0.2, 0.25) is 0 Å². The van der Waals surface area contributed by atoms with Gasteiger partial charge in [-0.05, 0) is 57.6 Å². The van der Waals surface area contributed by atoms with Gasteiger partial charge in [-0.3, -0.25) is 9.69 Å². The number of rotatable bonds is 6. The summed E-state index contributed by atoms with van der Waals surface area (Å²) in [5, 5.41) is 8.99. The third-order valence-corrected chi connectivity index (χ3v) is 6.40. The Labute approximate surface area is 164 Å². The molecule has 4 rings (SSSR count). The second-order valence-electron chi connectivity index (χ2n) is 7.60. The summed E-state index contributed by atoms with van der Waals surface area (Å²) in [4.78, 5) is 19.3. The van der Waals surface area contributed by atoms with Crippen LogP contribution in [0, 0.1) is 6.92 Å². The standard InChI is InChI=1S/C19H28N6OS/c1-14-21-19(27-23-14)20-13-16-7-4-5-9-24(16)10-11-25-18(26)12-15-6-2-3-8-17(15)22-25/h12,16H,2-11,13H2,1H3,(H,20,21,23). The number of hydrogen-bond acceptors (Lipinski definition) is 7. The van der Waals surface area contributed by atoms with E-state index in [2.05, 4.69) is 24.7 Å². The molecule has 1 aliphatic carbocycles. The van der Waals surface area contributed by atoms with Gasteiger partial charge in [-0.15, -0.1) is 0 Å². The zero-order valence-corrected chi connectivity index (χ0v) is 16.8. The van der Waals surface area contributed by atoms with Gasteiger partial charge in [0.25, 0.3) is 5.56 Å². The van der Waals surface area contributed by atoms with Crippen molar-refractivity contribution >= 4 is 16.7 Å². The Balaban J connectivity index is 1.37. The van der Waals surface area contributed by atoms with Crippen LogP contribution in [0.4, 0.5) is 5.13 Å². The van der Waals surface area contributed by atoms with Crippen molar-refractivity contribution in [2.45, 2.75) is 64.5 Å². The SMILES string of the molecule is Cc1nsc(NCC2CCCCN2CCn2nc3c(cc2=O)CCCC3)n1. The maximum Gasteiger partial charge on any atom is 0.267 e. The fourth-order valence-electron chi connectivity index (χ4n) is 4.14. The number of fused-ring (bicyclic) bond motifs is 1. The summed E-state index contributed by atoms with van der Waals surface area (Å²) in [7, 11) is 0. The van der Waals surface area contributed by atoms with E-state index < -0.39 is 0 Å². The van der Waals surface area contributed by atoms with Crippen LogP contribution in [0.5, 0.6) is 0 Å². The molecule has 7 nitrogen and oxygen atoms in total. The van der Waals surface area contributed by atoms with Crippen LogP contribution < -0.4 is 10.9 Å². The molecule has 2 aromatic rings. The van der Waals surface area contributed by atoms with Crippen LogP contribution in [0.1, 0.15) is 49.2 Å². The molecule has 8 heteroatoms. The summed E-state index contributed by atoms with van der Waals surface area (Å²) in [6.45, 7) is 5.41. The lowest BCUT2D eigenvalue weighted by Gasteiger charge is -2.35. The fraction of sp³-hybridized carbons (Fsp3) is 0.684. The van der Waals surface area contributed by atoms with Gasteiger partial charge < -0.3 is 5.32 Å². The maximum atomic E-state index is 12.4. The third kappa shape index (κ3) is 4.55. The van der Waals surface area contributed by atoms with Crippen molar-refractivity contribution < 1.29 is 0 Å². The van der Waals surface area contributed by atoms with Gasteiger partial charge in [-0.25, -0.2) is 9.67 Å². The molecule has 0 amide bonds. The average molecular weight is 389 g/mol. The molecule has 1 saturated heterocycles. The van der Waals surface area contributed by atoms with Crippen LogP contribution in [0.3, 0.4) is 0 Å². The van der Waals surface area contributed by atoms with Crippen molar-refractivity contribution in [3.8, 4) is 0 Å². The second kappa shape index (κ2) is 8.48. The van der Waals surface area contributed by atoms with Gasteiger partial charge in [0, 0.05) is 36.7 Å². The van der Waals surface area contributed by atoms with Gasteiger partial charge in [0.1, 0.15) is 5.82 Å². The van der Waals surface area contributed by atoms with Crippen LogP contribution in [0.15, 0.2) is 10.9 Å². The average Bonchev–Trinajstić information content (AvgIpc) is 3.10. The van der Waals surface area contributed by atoms with E-state index in [1.54, 1.807) is 4.68 Å². The highest BCUT2D eigenvalue weighted by atomic mass is 32.1. The fourth-order valence-corrected chi connectivity index (χ4v) is 4.72. The maximum absolute atomic E-state index is 12.4. The quantitative estimate of drug-likeness (QED) is 0.818. The van der Waals surface area contributed by atoms with Gasteiger partial charge >= 0.3 is 0 Å². The normalized spacial score (nSPS) is 20.4. The number of likely N-dealkylation sites (tertiary alicyclic amines) is 1. The van der Waals surface area contributed by atoms with E-state index in [0.717, 1.165) is 54.7 Å². The van der Waals surface area contributed by atoms with Crippen molar-refractivity contribution in [2.75, 3.05) is 25.0 Å². The Morgan fingerprint density at radius 1 is 1.22 bits per heavy atom. The first-order valence-corrected chi connectivity index (χ1v) is 10.8. The van der Waals surface area contributed by atoms with Gasteiger partial charge in [0.2, 0.25) is 5.13 Å². The highest BCUT2D eigenvalue weighted by Crippen LogP contribution is 2.19. The third-order valence-electron chi connectivity index (χ3n) is 5.64. The Morgan fingerprint density at radius 2 is 2.11 bits per heavy atom. The Hall–Kier alpha value is -1.80. The van der Waals surface area contributed by atoms with Gasteiger partial charge in [-0.1, -0.05) is 6.42 Å². The largest absolute Gasteiger partial charge is 0.359 e. The lowest BCUT2D eigenvalue weighted by atomic mass is 9.97. The number of aromatic nitrogens is 4. The van der Waals surface area contributed by atoms with Gasteiger partial charge in [-0.2, -0.15) is 9.47 Å². The number of nitrogens with one attached hydrogen (secondary N) is 1. The minimum absolute atomic E-state index is 0.0478. The first-order valence-electron chi connectivity index (χ1n) is 10.1. The molecule has 2 aliphatic rings. The molecule has 2 aromatic heterocycles. The number of aryl methyl sites for hydroxylation is 3. The predicted molar refractivity (Wildman–Crippen MR) is 107 cm³/mol. The highest BCUT2D eigenvalue weighted by molar-refractivity contribution is 7.09. The smallest absolute Gasteiger partial charge is 0.267 e. The number of anilines is 1. The molecule has 1 N–H and O–H groups in total. The van der Waals surface area contributed by atoms with Crippen molar-refractivity contribution in [1.82, 2.24) is 24.0 Å². The van der Waals surface area contributed by atoms with Gasteiger partial charge in [0.05, 0.1) is 12.2 Å². The molecule has 0 spiro atoms. The molecule has 1 aliphatic heterocycles. The molecule has 3 heterocycles. The molecule has 1 unspecified atom stereocenters. The highest BCUT2D eigenvalue weighted by Gasteiger charge is 2.23. The summed E-state index contributed by atoms with van der Waals surface area (Å²) < 4.78 is 5.91. The predicted octanol–water partition coefficient (Wildman–Crippen LogP) is 2.25. The van der Waals surface area contributed by atoms with Crippen LogP contribution >= 0.6 is 11.5 Å². The number of nitrogens with zero attached hydrogens (tertiary/aromatic N) is 5. The summed E-state index contributed by atoms with van der Waals surface area (Å²) in [5.74, 6) is 0.820. The summed E-state index contributed by atoms with van der Waals surface area (Å²) in [5.41, 5.74) is 2.34. The topological polar surface area (TPSA) is 75.9 Å². The number of hydrogen-bond donors (Lipinski definition) is 1. The zero-order chi connectivity index (χ0) is 18.6. The van der Waals surface area contributed by atoms with E-state index in [0.29, 0.717) is 12.6 Å². The zero-order valence-electron chi connectivity index (χ0n) is 16.0. The van der Waals surface area contributed by atoms with E-state index in [4.69, 9.17) is 0 Å². The van der Waals surface area contributed by atoms with E-state index >= 15 is 0 Å². The first-order chi connectivity index (χ1) is 13.2. The van der Waals surface area contributed by atoms with E-state index in [1.807, 2.05) is 13.0 Å². The molecule has 1 fully saturated rings. The molecule has 0 aromatic carbocycles. The van der Waals surface area contributed by atoms with E-state index in [1.165, 1.54) is 43.6 Å². The molecule has 0 radical (unpaired) electrons. The monoisotopic (exact) mass is 388 g/mol. The second-order valence-corrected chi connectivity index (χ2v) is 8.35. The van der Waals surface area contributed by atoms with Crippen molar-refractivity contribution in [3.63, 3.8) is 0 Å². The minimum atomic E-state index is 0.0478. The van der Waals surface area contributed by atoms with E-state index in [-0.39, 0.29) is 5.56 Å². The van der Waals surface area contributed by atoms with Crippen LogP contribution in [-0.2, 0) is 19.4 Å². The van der Waals surface area contributed by atoms with Crippen molar-refractivity contribution in [3.05, 3.63) is 33.5 Å².